The minimum atomic E-state index is -0.201. The number of halogens is 2. The number of hydrogen-bond acceptors (Lipinski definition) is 3. The van der Waals surface area contributed by atoms with E-state index in [9.17, 15) is 4.39 Å². The lowest BCUT2D eigenvalue weighted by Crippen LogP contribution is -2.39. The number of aliphatic imine (C=N–C) groups is 1. The SMILES string of the molecule is CN=C(NCCCOC)NCCSc1ccc(F)cc1.I. The van der Waals surface area contributed by atoms with Crippen LogP contribution < -0.4 is 10.6 Å². The van der Waals surface area contributed by atoms with Crippen molar-refractivity contribution in [3.63, 3.8) is 0 Å². The smallest absolute Gasteiger partial charge is 0.191 e. The summed E-state index contributed by atoms with van der Waals surface area (Å²) in [5.74, 6) is 1.48. The second-order valence-corrected chi connectivity index (χ2v) is 5.24. The summed E-state index contributed by atoms with van der Waals surface area (Å²) in [4.78, 5) is 5.20. The molecule has 0 aliphatic rings. The lowest BCUT2D eigenvalue weighted by atomic mass is 10.4. The first kappa shape index (κ1) is 20.5. The fraction of sp³-hybridized carbons (Fsp3) is 0.500. The topological polar surface area (TPSA) is 45.7 Å². The zero-order chi connectivity index (χ0) is 14.6. The van der Waals surface area contributed by atoms with Crippen LogP contribution in [-0.4, -0.2) is 45.6 Å². The summed E-state index contributed by atoms with van der Waals surface area (Å²) in [6.45, 7) is 2.37. The van der Waals surface area contributed by atoms with Crippen LogP contribution in [0.15, 0.2) is 34.2 Å². The number of ether oxygens (including phenoxy) is 1. The van der Waals surface area contributed by atoms with Gasteiger partial charge in [-0.3, -0.25) is 4.99 Å². The molecule has 0 bridgehead atoms. The van der Waals surface area contributed by atoms with Gasteiger partial charge < -0.3 is 15.4 Å². The molecule has 0 atom stereocenters. The number of nitrogens with one attached hydrogen (secondary N) is 2. The van der Waals surface area contributed by atoms with Crippen LogP contribution in [0, 0.1) is 5.82 Å². The molecule has 0 radical (unpaired) electrons. The van der Waals surface area contributed by atoms with Crippen molar-refractivity contribution in [2.24, 2.45) is 4.99 Å². The first-order valence-electron chi connectivity index (χ1n) is 6.58. The molecule has 0 aliphatic heterocycles. The molecular formula is C14H23FIN3OS. The Morgan fingerprint density at radius 2 is 1.90 bits per heavy atom. The predicted octanol–water partition coefficient (Wildman–Crippen LogP) is 2.74. The minimum Gasteiger partial charge on any atom is -0.385 e. The maximum atomic E-state index is 12.7. The molecule has 0 spiro atoms. The molecular weight excluding hydrogens is 404 g/mol. The largest absolute Gasteiger partial charge is 0.385 e. The van der Waals surface area contributed by atoms with Crippen LogP contribution in [0.5, 0.6) is 0 Å². The fourth-order valence-corrected chi connectivity index (χ4v) is 2.28. The van der Waals surface area contributed by atoms with E-state index in [0.29, 0.717) is 0 Å². The van der Waals surface area contributed by atoms with E-state index in [1.54, 1.807) is 38.1 Å². The van der Waals surface area contributed by atoms with Gasteiger partial charge in [-0.2, -0.15) is 0 Å². The van der Waals surface area contributed by atoms with Gasteiger partial charge in [0.05, 0.1) is 0 Å². The summed E-state index contributed by atoms with van der Waals surface area (Å²) in [6, 6.07) is 6.54. The molecule has 1 rings (SSSR count). The second kappa shape index (κ2) is 13.1. The van der Waals surface area contributed by atoms with E-state index in [2.05, 4.69) is 15.6 Å². The van der Waals surface area contributed by atoms with E-state index in [1.165, 1.54) is 12.1 Å². The van der Waals surface area contributed by atoms with Gasteiger partial charge in [-0.25, -0.2) is 4.39 Å². The zero-order valence-corrected chi connectivity index (χ0v) is 15.5. The molecule has 0 heterocycles. The number of benzene rings is 1. The van der Waals surface area contributed by atoms with Crippen LogP contribution in [0.25, 0.3) is 0 Å². The second-order valence-electron chi connectivity index (χ2n) is 4.07. The van der Waals surface area contributed by atoms with Crippen molar-refractivity contribution >= 4 is 41.7 Å². The molecule has 0 aromatic heterocycles. The first-order valence-corrected chi connectivity index (χ1v) is 7.56. The van der Waals surface area contributed by atoms with Gasteiger partial charge in [-0.1, -0.05) is 0 Å². The molecule has 0 unspecified atom stereocenters. The van der Waals surface area contributed by atoms with Gasteiger partial charge in [0.1, 0.15) is 5.82 Å². The van der Waals surface area contributed by atoms with Gasteiger partial charge >= 0.3 is 0 Å². The highest BCUT2D eigenvalue weighted by atomic mass is 127. The summed E-state index contributed by atoms with van der Waals surface area (Å²) in [7, 11) is 3.44. The number of methoxy groups -OCH3 is 1. The highest BCUT2D eigenvalue weighted by Crippen LogP contribution is 2.16. The highest BCUT2D eigenvalue weighted by molar-refractivity contribution is 14.0. The summed E-state index contributed by atoms with van der Waals surface area (Å²) in [5, 5.41) is 6.44. The molecule has 0 saturated carbocycles. The molecule has 120 valence electrons. The number of guanidine groups is 1. The van der Waals surface area contributed by atoms with Gasteiger partial charge in [-0.15, -0.1) is 35.7 Å². The van der Waals surface area contributed by atoms with Crippen LogP contribution in [0.2, 0.25) is 0 Å². The highest BCUT2D eigenvalue weighted by Gasteiger charge is 1.98. The Hall–Kier alpha value is -0.540. The monoisotopic (exact) mass is 427 g/mol. The maximum absolute atomic E-state index is 12.7. The molecule has 1 aromatic carbocycles. The zero-order valence-electron chi connectivity index (χ0n) is 12.4. The Labute approximate surface area is 147 Å². The van der Waals surface area contributed by atoms with Crippen LogP contribution in [0.4, 0.5) is 4.39 Å². The maximum Gasteiger partial charge on any atom is 0.191 e. The van der Waals surface area contributed by atoms with Gasteiger partial charge in [0, 0.05) is 44.5 Å². The number of hydrogen-bond donors (Lipinski definition) is 2. The van der Waals surface area contributed by atoms with Gasteiger partial charge in [0.2, 0.25) is 0 Å². The van der Waals surface area contributed by atoms with Crippen molar-refractivity contribution in [1.82, 2.24) is 10.6 Å². The predicted molar refractivity (Wildman–Crippen MR) is 98.4 cm³/mol. The third kappa shape index (κ3) is 9.92. The van der Waals surface area contributed by atoms with E-state index < -0.39 is 0 Å². The van der Waals surface area contributed by atoms with E-state index in [-0.39, 0.29) is 29.8 Å². The third-order valence-corrected chi connectivity index (χ3v) is 3.53. The van der Waals surface area contributed by atoms with Crippen LogP contribution >= 0.6 is 35.7 Å². The normalized spacial score (nSPS) is 10.9. The molecule has 0 amide bonds. The number of nitrogens with zero attached hydrogens (tertiary/aromatic N) is 1. The summed E-state index contributed by atoms with van der Waals surface area (Å²) in [5.41, 5.74) is 0. The molecule has 0 aliphatic carbocycles. The Kier molecular flexibility index (Phi) is 12.8. The average molecular weight is 427 g/mol. The third-order valence-electron chi connectivity index (χ3n) is 2.52. The molecule has 0 fully saturated rings. The van der Waals surface area contributed by atoms with Crippen molar-refractivity contribution in [2.75, 3.05) is 39.6 Å². The molecule has 21 heavy (non-hydrogen) atoms. The first-order chi connectivity index (χ1) is 9.76. The Bertz CT molecular complexity index is 404. The van der Waals surface area contributed by atoms with Crippen molar-refractivity contribution in [2.45, 2.75) is 11.3 Å². The molecule has 2 N–H and O–H groups in total. The lowest BCUT2D eigenvalue weighted by molar-refractivity contribution is 0.195. The van der Waals surface area contributed by atoms with Crippen molar-refractivity contribution in [3.8, 4) is 0 Å². The quantitative estimate of drug-likeness (QED) is 0.220. The van der Waals surface area contributed by atoms with Gasteiger partial charge in [0.15, 0.2) is 5.96 Å². The van der Waals surface area contributed by atoms with Crippen molar-refractivity contribution < 1.29 is 9.13 Å². The van der Waals surface area contributed by atoms with E-state index in [0.717, 1.165) is 42.7 Å². The van der Waals surface area contributed by atoms with Crippen LogP contribution in [0.3, 0.4) is 0 Å². The van der Waals surface area contributed by atoms with Crippen LogP contribution in [0.1, 0.15) is 6.42 Å². The molecule has 7 heteroatoms. The summed E-state index contributed by atoms with van der Waals surface area (Å²) >= 11 is 1.68. The van der Waals surface area contributed by atoms with Crippen molar-refractivity contribution in [3.05, 3.63) is 30.1 Å². The summed E-state index contributed by atoms with van der Waals surface area (Å²) < 4.78 is 17.7. The molecule has 1 aromatic rings. The molecule has 0 saturated heterocycles. The number of rotatable bonds is 8. The number of thioether (sulfide) groups is 1. The Balaban J connectivity index is 0.00000400. The van der Waals surface area contributed by atoms with E-state index in [1.807, 2.05) is 0 Å². The Morgan fingerprint density at radius 3 is 2.52 bits per heavy atom. The standard InChI is InChI=1S/C14H22FN3OS.HI/c1-16-14(17-8-3-10-19-2)18-9-11-20-13-6-4-12(15)5-7-13;/h4-7H,3,8-11H2,1-2H3,(H2,16,17,18);1H. The Morgan fingerprint density at radius 1 is 1.24 bits per heavy atom. The molecule has 4 nitrogen and oxygen atoms in total. The van der Waals surface area contributed by atoms with Gasteiger partial charge in [0.25, 0.3) is 0 Å². The van der Waals surface area contributed by atoms with Crippen molar-refractivity contribution in [1.29, 1.82) is 0 Å². The van der Waals surface area contributed by atoms with E-state index in [4.69, 9.17) is 4.74 Å². The fourth-order valence-electron chi connectivity index (χ4n) is 1.51. The minimum absolute atomic E-state index is 0. The lowest BCUT2D eigenvalue weighted by Gasteiger charge is -2.11. The summed E-state index contributed by atoms with van der Waals surface area (Å²) in [6.07, 6.45) is 0.946. The van der Waals surface area contributed by atoms with Crippen LogP contribution in [-0.2, 0) is 4.74 Å². The average Bonchev–Trinajstić information content (AvgIpc) is 2.47. The van der Waals surface area contributed by atoms with Gasteiger partial charge in [-0.05, 0) is 30.7 Å². The van der Waals surface area contributed by atoms with E-state index >= 15 is 0 Å².